The predicted octanol–water partition coefficient (Wildman–Crippen LogP) is 2.15. The number of hydrogen-bond donors (Lipinski definition) is 2. The molecule has 2 rings (SSSR count). The summed E-state index contributed by atoms with van der Waals surface area (Å²) in [6.45, 7) is 0.343. The maximum atomic E-state index is 12.8. The molecule has 130 valence electrons. The number of alkyl halides is 3. The fourth-order valence-corrected chi connectivity index (χ4v) is 2.31. The first-order chi connectivity index (χ1) is 11.2. The van der Waals surface area contributed by atoms with Crippen molar-refractivity contribution in [3.05, 3.63) is 42.1 Å². The molecule has 0 unspecified atom stereocenters. The third-order valence-electron chi connectivity index (χ3n) is 3.83. The van der Waals surface area contributed by atoms with Gasteiger partial charge in [0.25, 0.3) is 5.91 Å². The zero-order valence-corrected chi connectivity index (χ0v) is 13.0. The Labute approximate surface area is 137 Å². The predicted molar refractivity (Wildman–Crippen MR) is 83.7 cm³/mol. The molecule has 0 radical (unpaired) electrons. The number of carbonyl (C=O) groups excluding carboxylic acids is 1. The molecule has 24 heavy (non-hydrogen) atoms. The number of halogens is 3. The Bertz CT molecular complexity index is 667. The van der Waals surface area contributed by atoms with Gasteiger partial charge < -0.3 is 15.7 Å². The van der Waals surface area contributed by atoms with E-state index in [2.05, 4.69) is 4.99 Å². The lowest BCUT2D eigenvalue weighted by atomic mass is 9.98. The highest BCUT2D eigenvalue weighted by atomic mass is 19.4. The summed E-state index contributed by atoms with van der Waals surface area (Å²) in [5.41, 5.74) is 3.86. The van der Waals surface area contributed by atoms with Crippen LogP contribution in [0.2, 0.25) is 0 Å². The summed E-state index contributed by atoms with van der Waals surface area (Å²) in [6, 6.07) is 9.03. The van der Waals surface area contributed by atoms with Crippen molar-refractivity contribution >= 4 is 17.3 Å². The summed E-state index contributed by atoms with van der Waals surface area (Å²) in [4.78, 5) is 17.4. The van der Waals surface area contributed by atoms with Gasteiger partial charge in [-0.15, -0.1) is 0 Å². The largest absolute Gasteiger partial charge is 0.426 e. The van der Waals surface area contributed by atoms with Crippen LogP contribution in [0, 0.1) is 0 Å². The second-order valence-electron chi connectivity index (χ2n) is 5.63. The molecule has 3 N–H and O–H groups in total. The monoisotopic (exact) mass is 341 g/mol. The fourth-order valence-electron chi connectivity index (χ4n) is 2.31. The van der Waals surface area contributed by atoms with E-state index in [0.29, 0.717) is 23.9 Å². The third kappa shape index (κ3) is 3.59. The highest BCUT2D eigenvalue weighted by molar-refractivity contribution is 6.04. The van der Waals surface area contributed by atoms with Crippen molar-refractivity contribution in [2.24, 2.45) is 10.7 Å². The number of piperidine rings is 1. The van der Waals surface area contributed by atoms with Crippen LogP contribution in [-0.2, 0) is 4.79 Å². The number of rotatable bonds is 2. The maximum absolute atomic E-state index is 12.8. The molecule has 1 aliphatic rings. The molecule has 0 aromatic heterocycles. The summed E-state index contributed by atoms with van der Waals surface area (Å²) in [6.07, 6.45) is -3.57. The van der Waals surface area contributed by atoms with Gasteiger partial charge in [0.05, 0.1) is 5.69 Å². The lowest BCUT2D eigenvalue weighted by molar-refractivity contribution is -0.250. The molecule has 1 aromatic carbocycles. The Balaban J connectivity index is 2.19. The Kier molecular flexibility index (Phi) is 4.98. The van der Waals surface area contributed by atoms with E-state index in [-0.39, 0.29) is 19.5 Å². The van der Waals surface area contributed by atoms with Gasteiger partial charge in [-0.25, -0.2) is 0 Å². The standard InChI is InChI=1S/C16H18F3N3O2/c1-15(24,16(17,18)19)14(23)22-8-7-13(11(9-20)10-22)21-12-5-3-2-4-6-12/h2-6,9,24H,7-8,10,20H2,1H3/t15-/m1/s1. The molecule has 1 amide bonds. The third-order valence-corrected chi connectivity index (χ3v) is 3.83. The summed E-state index contributed by atoms with van der Waals surface area (Å²) >= 11 is 0. The van der Waals surface area contributed by atoms with Gasteiger partial charge in [0, 0.05) is 37.0 Å². The number of carbonyl (C=O) groups is 1. The SMILES string of the molecule is C[C@@](O)(C(=O)N1CCC(=Nc2ccccc2)C(=CN)C1)C(F)(F)F. The second-order valence-corrected chi connectivity index (χ2v) is 5.63. The average Bonchev–Trinajstić information content (AvgIpc) is 2.54. The molecule has 5 nitrogen and oxygen atoms in total. The normalized spacial score (nSPS) is 21.8. The van der Waals surface area contributed by atoms with Crippen LogP contribution in [0.4, 0.5) is 18.9 Å². The zero-order valence-electron chi connectivity index (χ0n) is 13.0. The molecule has 1 heterocycles. The molecular formula is C16H18F3N3O2. The lowest BCUT2D eigenvalue weighted by Gasteiger charge is -2.35. The highest BCUT2D eigenvalue weighted by Gasteiger charge is 2.57. The van der Waals surface area contributed by atoms with E-state index in [1.54, 1.807) is 12.1 Å². The van der Waals surface area contributed by atoms with Crippen LogP contribution < -0.4 is 5.73 Å². The van der Waals surface area contributed by atoms with E-state index in [1.807, 2.05) is 18.2 Å². The van der Waals surface area contributed by atoms with Crippen LogP contribution >= 0.6 is 0 Å². The number of aliphatic hydroxyl groups is 1. The van der Waals surface area contributed by atoms with Gasteiger partial charge >= 0.3 is 6.18 Å². The summed E-state index contributed by atoms with van der Waals surface area (Å²) in [5, 5.41) is 9.53. The minimum Gasteiger partial charge on any atom is -0.404 e. The van der Waals surface area contributed by atoms with Crippen LogP contribution in [0.25, 0.3) is 0 Å². The molecule has 1 aromatic rings. The number of amides is 1. The van der Waals surface area contributed by atoms with E-state index in [4.69, 9.17) is 5.73 Å². The number of benzene rings is 1. The smallest absolute Gasteiger partial charge is 0.404 e. The van der Waals surface area contributed by atoms with Crippen molar-refractivity contribution < 1.29 is 23.1 Å². The van der Waals surface area contributed by atoms with Crippen LogP contribution in [0.1, 0.15) is 13.3 Å². The fraction of sp³-hybridized carbons (Fsp3) is 0.375. The molecular weight excluding hydrogens is 323 g/mol. The van der Waals surface area contributed by atoms with Gasteiger partial charge in [-0.05, 0) is 19.1 Å². The van der Waals surface area contributed by atoms with Crippen molar-refractivity contribution in [2.45, 2.75) is 25.1 Å². The minimum atomic E-state index is -5.05. The number of nitrogens with two attached hydrogens (primary N) is 1. The van der Waals surface area contributed by atoms with Crippen molar-refractivity contribution in [1.29, 1.82) is 0 Å². The Morgan fingerprint density at radius 2 is 1.96 bits per heavy atom. The topological polar surface area (TPSA) is 78.9 Å². The van der Waals surface area contributed by atoms with Gasteiger partial charge in [-0.3, -0.25) is 9.79 Å². The first kappa shape index (κ1) is 18.0. The molecule has 1 saturated heterocycles. The van der Waals surface area contributed by atoms with Gasteiger partial charge in [0.1, 0.15) is 0 Å². The minimum absolute atomic E-state index is 0.0219. The van der Waals surface area contributed by atoms with Gasteiger partial charge in [-0.2, -0.15) is 13.2 Å². The molecule has 1 atom stereocenters. The molecule has 8 heteroatoms. The van der Waals surface area contributed by atoms with Gasteiger partial charge in [-0.1, -0.05) is 18.2 Å². The number of aliphatic imine (C=N–C) groups is 1. The van der Waals surface area contributed by atoms with E-state index >= 15 is 0 Å². The summed E-state index contributed by atoms with van der Waals surface area (Å²) < 4.78 is 38.5. The van der Waals surface area contributed by atoms with Crippen molar-refractivity contribution in [1.82, 2.24) is 4.90 Å². The number of hydrogen-bond acceptors (Lipinski definition) is 4. The molecule has 0 bridgehead atoms. The number of likely N-dealkylation sites (tertiary alicyclic amines) is 1. The molecule has 1 fully saturated rings. The first-order valence-corrected chi connectivity index (χ1v) is 7.29. The summed E-state index contributed by atoms with van der Waals surface area (Å²) in [7, 11) is 0. The average molecular weight is 341 g/mol. The highest BCUT2D eigenvalue weighted by Crippen LogP contribution is 2.32. The van der Waals surface area contributed by atoms with Crippen LogP contribution in [0.15, 0.2) is 47.1 Å². The van der Waals surface area contributed by atoms with Crippen molar-refractivity contribution in [2.75, 3.05) is 13.1 Å². The van der Waals surface area contributed by atoms with Crippen LogP contribution in [0.3, 0.4) is 0 Å². The number of nitrogens with zero attached hydrogens (tertiary/aromatic N) is 2. The zero-order chi connectivity index (χ0) is 18.0. The van der Waals surface area contributed by atoms with Crippen molar-refractivity contribution in [3.8, 4) is 0 Å². The Morgan fingerprint density at radius 3 is 2.50 bits per heavy atom. The van der Waals surface area contributed by atoms with E-state index in [9.17, 15) is 23.1 Å². The molecule has 0 spiro atoms. The Hall–Kier alpha value is -2.35. The van der Waals surface area contributed by atoms with Crippen LogP contribution in [0.5, 0.6) is 0 Å². The second kappa shape index (κ2) is 6.64. The quantitative estimate of drug-likeness (QED) is 0.865. The van der Waals surface area contributed by atoms with Crippen molar-refractivity contribution in [3.63, 3.8) is 0 Å². The lowest BCUT2D eigenvalue weighted by Crippen LogP contribution is -2.57. The van der Waals surface area contributed by atoms with Gasteiger partial charge in [0.15, 0.2) is 0 Å². The van der Waals surface area contributed by atoms with Crippen LogP contribution in [-0.4, -0.2) is 46.5 Å². The van der Waals surface area contributed by atoms with Gasteiger partial charge in [0.2, 0.25) is 5.60 Å². The van der Waals surface area contributed by atoms with E-state index < -0.39 is 17.7 Å². The van der Waals surface area contributed by atoms with E-state index in [0.717, 1.165) is 4.90 Å². The maximum Gasteiger partial charge on any atom is 0.426 e. The molecule has 0 saturated carbocycles. The molecule has 1 aliphatic heterocycles. The van der Waals surface area contributed by atoms with E-state index in [1.165, 1.54) is 6.20 Å². The summed E-state index contributed by atoms with van der Waals surface area (Å²) in [5.74, 6) is -1.40. The number of para-hydroxylation sites is 1. The Morgan fingerprint density at radius 1 is 1.33 bits per heavy atom. The first-order valence-electron chi connectivity index (χ1n) is 7.29. The molecule has 0 aliphatic carbocycles.